The van der Waals surface area contributed by atoms with Crippen molar-refractivity contribution in [1.82, 2.24) is 10.3 Å². The molecular formula is C15H18N8S. The van der Waals surface area contributed by atoms with Gasteiger partial charge in [-0.05, 0) is 18.6 Å². The van der Waals surface area contributed by atoms with Gasteiger partial charge in [0.1, 0.15) is 0 Å². The Morgan fingerprint density at radius 1 is 1.42 bits per heavy atom. The number of anilines is 1. The van der Waals surface area contributed by atoms with E-state index >= 15 is 0 Å². The molecule has 0 aliphatic rings. The fourth-order valence-corrected chi connectivity index (χ4v) is 2.55. The van der Waals surface area contributed by atoms with E-state index < -0.39 is 0 Å². The molecule has 0 saturated heterocycles. The molecule has 0 saturated carbocycles. The Hall–Kier alpha value is -3.12. The van der Waals surface area contributed by atoms with Crippen LogP contribution in [0.15, 0.2) is 39.6 Å². The van der Waals surface area contributed by atoms with Gasteiger partial charge in [0.05, 0.1) is 5.69 Å². The van der Waals surface area contributed by atoms with E-state index in [-0.39, 0.29) is 5.96 Å². The molecule has 0 unspecified atom stereocenters. The van der Waals surface area contributed by atoms with Crippen LogP contribution in [0, 0.1) is 11.5 Å². The number of rotatable bonds is 5. The number of nitriles is 1. The minimum atomic E-state index is -0.0225. The predicted octanol–water partition coefficient (Wildman–Crippen LogP) is 1.96. The van der Waals surface area contributed by atoms with E-state index in [1.165, 1.54) is 11.3 Å². The van der Waals surface area contributed by atoms with E-state index in [4.69, 9.17) is 16.7 Å². The van der Waals surface area contributed by atoms with Crippen LogP contribution >= 0.6 is 11.3 Å². The number of aliphatic imine (C=N–C) groups is 2. The van der Waals surface area contributed by atoms with Crippen LogP contribution in [0.25, 0.3) is 11.3 Å². The van der Waals surface area contributed by atoms with Gasteiger partial charge in [-0.25, -0.2) is 4.98 Å². The first kappa shape index (κ1) is 17.2. The van der Waals surface area contributed by atoms with Gasteiger partial charge in [0.2, 0.25) is 11.1 Å². The molecule has 9 heteroatoms. The normalized spacial score (nSPS) is 10.8. The van der Waals surface area contributed by atoms with E-state index in [0.29, 0.717) is 17.6 Å². The smallest absolute Gasteiger partial charge is 0.212 e. The Balaban J connectivity index is 2.21. The summed E-state index contributed by atoms with van der Waals surface area (Å²) in [6.07, 6.45) is 2.77. The van der Waals surface area contributed by atoms with Gasteiger partial charge in [-0.3, -0.25) is 10.3 Å². The van der Waals surface area contributed by atoms with Gasteiger partial charge in [0, 0.05) is 23.2 Å². The van der Waals surface area contributed by atoms with Gasteiger partial charge in [-0.2, -0.15) is 10.3 Å². The summed E-state index contributed by atoms with van der Waals surface area (Å²) < 4.78 is 0. The second-order valence-corrected chi connectivity index (χ2v) is 5.56. The lowest BCUT2D eigenvalue weighted by atomic mass is 10.1. The summed E-state index contributed by atoms with van der Waals surface area (Å²) in [5.41, 5.74) is 13.2. The van der Waals surface area contributed by atoms with Crippen molar-refractivity contribution >= 4 is 34.1 Å². The van der Waals surface area contributed by atoms with E-state index in [1.54, 1.807) is 0 Å². The van der Waals surface area contributed by atoms with Crippen LogP contribution in [0.3, 0.4) is 0 Å². The Labute approximate surface area is 144 Å². The van der Waals surface area contributed by atoms with Gasteiger partial charge in [-0.15, -0.1) is 11.3 Å². The molecule has 0 radical (unpaired) electrons. The van der Waals surface area contributed by atoms with Crippen molar-refractivity contribution < 1.29 is 0 Å². The first-order chi connectivity index (χ1) is 11.6. The topological polar surface area (TPSA) is 138 Å². The quantitative estimate of drug-likeness (QED) is 0.284. The molecule has 0 bridgehead atoms. The molecule has 1 aromatic carbocycles. The van der Waals surface area contributed by atoms with Crippen LogP contribution in [0.4, 0.5) is 10.8 Å². The number of nitrogens with two attached hydrogens (primary N) is 2. The number of hydrogen-bond donors (Lipinski definition) is 4. The minimum absolute atomic E-state index is 0.0225. The number of thiazole rings is 1. The van der Waals surface area contributed by atoms with Crippen LogP contribution in [0.1, 0.15) is 13.3 Å². The highest BCUT2D eigenvalue weighted by Gasteiger charge is 2.06. The van der Waals surface area contributed by atoms with Crippen LogP contribution in [-0.2, 0) is 0 Å². The van der Waals surface area contributed by atoms with Crippen molar-refractivity contribution in [2.24, 2.45) is 21.5 Å². The maximum absolute atomic E-state index is 8.80. The molecule has 0 aliphatic heterocycles. The van der Waals surface area contributed by atoms with E-state index in [1.807, 2.05) is 42.8 Å². The van der Waals surface area contributed by atoms with Crippen molar-refractivity contribution in [3.8, 4) is 17.5 Å². The molecule has 2 aromatic rings. The number of benzene rings is 1. The second-order valence-electron chi connectivity index (χ2n) is 4.72. The van der Waals surface area contributed by atoms with Gasteiger partial charge >= 0.3 is 0 Å². The molecule has 124 valence electrons. The van der Waals surface area contributed by atoms with Crippen molar-refractivity contribution in [3.63, 3.8) is 0 Å². The highest BCUT2D eigenvalue weighted by molar-refractivity contribution is 7.13. The molecule has 2 rings (SSSR count). The summed E-state index contributed by atoms with van der Waals surface area (Å²) in [4.78, 5) is 12.6. The standard InChI is InChI=1S/C15H18N8S/c1-2-6-19-14(20-9-16)21-11-5-3-4-10(7-11)12-8-24-15(22-12)23-13(17)18/h3-5,7-8H,2,6H2,1H3,(H2,19,20,21)(H4,17,18,22,23). The fourth-order valence-electron chi connectivity index (χ4n) is 1.84. The first-order valence-electron chi connectivity index (χ1n) is 7.24. The summed E-state index contributed by atoms with van der Waals surface area (Å²) in [5.74, 6) is 0.390. The summed E-state index contributed by atoms with van der Waals surface area (Å²) in [6.45, 7) is 2.65. The molecule has 6 N–H and O–H groups in total. The summed E-state index contributed by atoms with van der Waals surface area (Å²) in [5, 5.41) is 16.8. The predicted molar refractivity (Wildman–Crippen MR) is 98.0 cm³/mol. The number of guanidine groups is 2. The number of hydrogen-bond acceptors (Lipinski definition) is 5. The van der Waals surface area contributed by atoms with Gasteiger partial charge in [-0.1, -0.05) is 19.1 Å². The maximum atomic E-state index is 8.80. The zero-order chi connectivity index (χ0) is 17.4. The zero-order valence-corrected chi connectivity index (χ0v) is 14.0. The van der Waals surface area contributed by atoms with Gasteiger partial charge < -0.3 is 16.8 Å². The van der Waals surface area contributed by atoms with Crippen LogP contribution < -0.4 is 22.1 Å². The van der Waals surface area contributed by atoms with Crippen LogP contribution in [0.5, 0.6) is 0 Å². The lowest BCUT2D eigenvalue weighted by Gasteiger charge is -2.09. The van der Waals surface area contributed by atoms with Crippen molar-refractivity contribution in [2.75, 3.05) is 11.9 Å². The number of nitrogens with one attached hydrogen (secondary N) is 2. The summed E-state index contributed by atoms with van der Waals surface area (Å²) >= 11 is 1.35. The monoisotopic (exact) mass is 342 g/mol. The Morgan fingerprint density at radius 3 is 2.96 bits per heavy atom. The van der Waals surface area contributed by atoms with Crippen LogP contribution in [-0.4, -0.2) is 23.4 Å². The lowest BCUT2D eigenvalue weighted by molar-refractivity contribution is 0.923. The van der Waals surface area contributed by atoms with E-state index in [0.717, 1.165) is 23.4 Å². The van der Waals surface area contributed by atoms with E-state index in [9.17, 15) is 0 Å². The van der Waals surface area contributed by atoms with Crippen molar-refractivity contribution in [1.29, 1.82) is 5.26 Å². The molecule has 0 spiro atoms. The Kier molecular flexibility index (Phi) is 6.10. The molecule has 8 nitrogen and oxygen atoms in total. The number of aromatic nitrogens is 1. The SMILES string of the molecule is CCCN=C(NC#N)Nc1cccc(-c2csc(N=C(N)N)n2)c1. The Bertz CT molecular complexity index is 783. The minimum Gasteiger partial charge on any atom is -0.370 e. The second kappa shape index (κ2) is 8.50. The third-order valence-electron chi connectivity index (χ3n) is 2.81. The Morgan fingerprint density at radius 2 is 2.25 bits per heavy atom. The van der Waals surface area contributed by atoms with Crippen molar-refractivity contribution in [2.45, 2.75) is 13.3 Å². The molecule has 1 heterocycles. The summed E-state index contributed by atoms with van der Waals surface area (Å²) in [7, 11) is 0. The fraction of sp³-hybridized carbons (Fsp3) is 0.200. The molecule has 0 atom stereocenters. The molecule has 0 aliphatic carbocycles. The van der Waals surface area contributed by atoms with Crippen molar-refractivity contribution in [3.05, 3.63) is 29.6 Å². The zero-order valence-electron chi connectivity index (χ0n) is 13.2. The van der Waals surface area contributed by atoms with Crippen LogP contribution in [0.2, 0.25) is 0 Å². The largest absolute Gasteiger partial charge is 0.370 e. The average molecular weight is 342 g/mol. The number of nitrogens with zero attached hydrogens (tertiary/aromatic N) is 4. The first-order valence-corrected chi connectivity index (χ1v) is 8.12. The molecule has 1 aromatic heterocycles. The third-order valence-corrected chi connectivity index (χ3v) is 3.54. The molecule has 0 amide bonds. The van der Waals surface area contributed by atoms with Gasteiger partial charge in [0.15, 0.2) is 12.2 Å². The highest BCUT2D eigenvalue weighted by atomic mass is 32.1. The summed E-state index contributed by atoms with van der Waals surface area (Å²) in [6, 6.07) is 7.61. The van der Waals surface area contributed by atoms with Gasteiger partial charge in [0.25, 0.3) is 0 Å². The molecular weight excluding hydrogens is 324 g/mol. The third kappa shape index (κ3) is 4.96. The molecule has 24 heavy (non-hydrogen) atoms. The van der Waals surface area contributed by atoms with E-state index in [2.05, 4.69) is 25.6 Å². The lowest BCUT2D eigenvalue weighted by Crippen LogP contribution is -2.27. The average Bonchev–Trinajstić information content (AvgIpc) is 3.01. The molecule has 0 fully saturated rings. The maximum Gasteiger partial charge on any atom is 0.212 e. The highest BCUT2D eigenvalue weighted by Crippen LogP contribution is 2.28.